The molecule has 0 spiro atoms. The molecule has 1 aromatic heterocycles. The van der Waals surface area contributed by atoms with Gasteiger partial charge in [0.2, 0.25) is 5.91 Å². The van der Waals surface area contributed by atoms with E-state index in [2.05, 4.69) is 34.6 Å². The number of pyridine rings is 1. The first-order valence-electron chi connectivity index (χ1n) is 8.51. The highest BCUT2D eigenvalue weighted by Gasteiger charge is 2.21. The smallest absolute Gasteiger partial charge is 0.224 e. The molecule has 0 radical (unpaired) electrons. The molecule has 1 amide bonds. The molecular formula is C21H20N2O. The molecule has 0 bridgehead atoms. The van der Waals surface area contributed by atoms with E-state index in [0.717, 1.165) is 35.7 Å². The van der Waals surface area contributed by atoms with Gasteiger partial charge in [0.25, 0.3) is 0 Å². The molecule has 1 heterocycles. The van der Waals surface area contributed by atoms with Crippen LogP contribution in [0.5, 0.6) is 0 Å². The minimum atomic E-state index is 0.0647. The van der Waals surface area contributed by atoms with Crippen molar-refractivity contribution < 1.29 is 4.79 Å². The SMILES string of the molecule is O=C(Cc1cccc2cccnc12)NC1CCCc2ccccc21. The Kier molecular flexibility index (Phi) is 3.99. The molecule has 0 aliphatic heterocycles. The Hall–Kier alpha value is -2.68. The molecular weight excluding hydrogens is 296 g/mol. The fourth-order valence-corrected chi connectivity index (χ4v) is 3.63. The summed E-state index contributed by atoms with van der Waals surface area (Å²) in [6.45, 7) is 0. The van der Waals surface area contributed by atoms with Crippen molar-refractivity contribution in [3.8, 4) is 0 Å². The van der Waals surface area contributed by atoms with Crippen molar-refractivity contribution in [2.45, 2.75) is 31.7 Å². The predicted molar refractivity (Wildman–Crippen MR) is 95.7 cm³/mol. The number of para-hydroxylation sites is 1. The van der Waals surface area contributed by atoms with E-state index in [4.69, 9.17) is 0 Å². The van der Waals surface area contributed by atoms with E-state index in [0.29, 0.717) is 6.42 Å². The van der Waals surface area contributed by atoms with Crippen molar-refractivity contribution in [2.75, 3.05) is 0 Å². The maximum absolute atomic E-state index is 12.6. The normalized spacial score (nSPS) is 16.6. The van der Waals surface area contributed by atoms with E-state index < -0.39 is 0 Å². The van der Waals surface area contributed by atoms with Crippen LogP contribution in [0.15, 0.2) is 60.8 Å². The number of hydrogen-bond donors (Lipinski definition) is 1. The van der Waals surface area contributed by atoms with E-state index in [-0.39, 0.29) is 11.9 Å². The van der Waals surface area contributed by atoms with Crippen LogP contribution in [0.4, 0.5) is 0 Å². The molecule has 3 aromatic rings. The van der Waals surface area contributed by atoms with E-state index in [1.54, 1.807) is 6.20 Å². The number of aryl methyl sites for hydroxylation is 1. The van der Waals surface area contributed by atoms with Crippen molar-refractivity contribution in [3.63, 3.8) is 0 Å². The first-order chi connectivity index (χ1) is 11.8. The van der Waals surface area contributed by atoms with Crippen LogP contribution in [0.3, 0.4) is 0 Å². The average molecular weight is 316 g/mol. The summed E-state index contributed by atoms with van der Waals surface area (Å²) < 4.78 is 0. The largest absolute Gasteiger partial charge is 0.349 e. The van der Waals surface area contributed by atoms with Crippen LogP contribution in [0.1, 0.15) is 35.6 Å². The molecule has 0 fully saturated rings. The number of rotatable bonds is 3. The number of benzene rings is 2. The van der Waals surface area contributed by atoms with Crippen LogP contribution in [0.25, 0.3) is 10.9 Å². The topological polar surface area (TPSA) is 42.0 Å². The minimum Gasteiger partial charge on any atom is -0.349 e. The van der Waals surface area contributed by atoms with Gasteiger partial charge in [0.1, 0.15) is 0 Å². The molecule has 4 rings (SSSR count). The molecule has 2 aromatic carbocycles. The third-order valence-electron chi connectivity index (χ3n) is 4.77. The number of nitrogens with zero attached hydrogens (tertiary/aromatic N) is 1. The maximum atomic E-state index is 12.6. The predicted octanol–water partition coefficient (Wildman–Crippen LogP) is 3.97. The number of amides is 1. The molecule has 1 aliphatic rings. The summed E-state index contributed by atoms with van der Waals surface area (Å²) >= 11 is 0. The second-order valence-corrected chi connectivity index (χ2v) is 6.38. The highest BCUT2D eigenvalue weighted by molar-refractivity contribution is 5.87. The van der Waals surface area contributed by atoms with Crippen molar-refractivity contribution in [1.29, 1.82) is 0 Å². The summed E-state index contributed by atoms with van der Waals surface area (Å²) in [5.41, 5.74) is 4.53. The molecule has 1 atom stereocenters. The number of carbonyl (C=O) groups excluding carboxylic acids is 1. The summed E-state index contributed by atoms with van der Waals surface area (Å²) in [4.78, 5) is 17.0. The lowest BCUT2D eigenvalue weighted by Crippen LogP contribution is -2.32. The van der Waals surface area contributed by atoms with Crippen LogP contribution < -0.4 is 5.32 Å². The molecule has 1 aliphatic carbocycles. The Morgan fingerprint density at radius 2 is 1.96 bits per heavy atom. The van der Waals surface area contributed by atoms with Crippen LogP contribution in [0.2, 0.25) is 0 Å². The molecule has 0 saturated heterocycles. The van der Waals surface area contributed by atoms with Crippen LogP contribution in [-0.4, -0.2) is 10.9 Å². The summed E-state index contributed by atoms with van der Waals surface area (Å²) in [5, 5.41) is 4.30. The third kappa shape index (κ3) is 2.90. The molecule has 0 saturated carbocycles. The number of aromatic nitrogens is 1. The van der Waals surface area contributed by atoms with Gasteiger partial charge in [-0.25, -0.2) is 0 Å². The van der Waals surface area contributed by atoms with Crippen molar-refractivity contribution >= 4 is 16.8 Å². The van der Waals surface area contributed by atoms with E-state index in [1.165, 1.54) is 11.1 Å². The fraction of sp³-hybridized carbons (Fsp3) is 0.238. The summed E-state index contributed by atoms with van der Waals surface area (Å²) in [7, 11) is 0. The summed E-state index contributed by atoms with van der Waals surface area (Å²) in [6, 6.07) is 18.5. The Balaban J connectivity index is 1.53. The number of carbonyl (C=O) groups is 1. The molecule has 3 heteroatoms. The van der Waals surface area contributed by atoms with Gasteiger partial charge in [-0.1, -0.05) is 48.5 Å². The number of fused-ring (bicyclic) bond motifs is 2. The first kappa shape index (κ1) is 14.9. The highest BCUT2D eigenvalue weighted by Crippen LogP contribution is 2.29. The van der Waals surface area contributed by atoms with Gasteiger partial charge in [-0.15, -0.1) is 0 Å². The second-order valence-electron chi connectivity index (χ2n) is 6.38. The molecule has 1 unspecified atom stereocenters. The van der Waals surface area contributed by atoms with E-state index in [9.17, 15) is 4.79 Å². The zero-order chi connectivity index (χ0) is 16.4. The van der Waals surface area contributed by atoms with Gasteiger partial charge in [-0.3, -0.25) is 9.78 Å². The number of nitrogens with one attached hydrogen (secondary N) is 1. The fourth-order valence-electron chi connectivity index (χ4n) is 3.63. The second kappa shape index (κ2) is 6.44. The standard InChI is InChI=1S/C21H20N2O/c24-20(14-17-9-3-8-16-10-5-13-22-21(16)17)23-19-12-4-7-15-6-1-2-11-18(15)19/h1-3,5-6,8-11,13,19H,4,7,12,14H2,(H,23,24). The molecule has 24 heavy (non-hydrogen) atoms. The monoisotopic (exact) mass is 316 g/mol. The third-order valence-corrected chi connectivity index (χ3v) is 4.77. The Labute approximate surface area is 141 Å². The van der Waals surface area contributed by atoms with Crippen molar-refractivity contribution in [3.05, 3.63) is 77.5 Å². The summed E-state index contributed by atoms with van der Waals surface area (Å²) in [5.74, 6) is 0.0647. The maximum Gasteiger partial charge on any atom is 0.224 e. The van der Waals surface area contributed by atoms with Gasteiger partial charge in [0.15, 0.2) is 0 Å². The van der Waals surface area contributed by atoms with Gasteiger partial charge < -0.3 is 5.32 Å². The molecule has 3 nitrogen and oxygen atoms in total. The van der Waals surface area contributed by atoms with Crippen LogP contribution in [-0.2, 0) is 17.6 Å². The zero-order valence-electron chi connectivity index (χ0n) is 13.5. The zero-order valence-corrected chi connectivity index (χ0v) is 13.5. The van der Waals surface area contributed by atoms with Gasteiger partial charge >= 0.3 is 0 Å². The lowest BCUT2D eigenvalue weighted by Gasteiger charge is -2.26. The van der Waals surface area contributed by atoms with Gasteiger partial charge in [-0.2, -0.15) is 0 Å². The van der Waals surface area contributed by atoms with E-state index in [1.807, 2.05) is 30.3 Å². The van der Waals surface area contributed by atoms with Crippen LogP contribution >= 0.6 is 0 Å². The van der Waals surface area contributed by atoms with E-state index >= 15 is 0 Å². The lowest BCUT2D eigenvalue weighted by atomic mass is 9.87. The Bertz CT molecular complexity index is 882. The van der Waals surface area contributed by atoms with Crippen molar-refractivity contribution in [2.24, 2.45) is 0 Å². The Morgan fingerprint density at radius 3 is 2.92 bits per heavy atom. The lowest BCUT2D eigenvalue weighted by molar-refractivity contribution is -0.121. The Morgan fingerprint density at radius 1 is 1.08 bits per heavy atom. The highest BCUT2D eigenvalue weighted by atomic mass is 16.1. The van der Waals surface area contributed by atoms with Crippen molar-refractivity contribution in [1.82, 2.24) is 10.3 Å². The minimum absolute atomic E-state index is 0.0647. The molecule has 120 valence electrons. The number of hydrogen-bond acceptors (Lipinski definition) is 2. The first-order valence-corrected chi connectivity index (χ1v) is 8.51. The van der Waals surface area contributed by atoms with Gasteiger partial charge in [0.05, 0.1) is 18.0 Å². The molecule has 1 N–H and O–H groups in total. The quantitative estimate of drug-likeness (QED) is 0.794. The van der Waals surface area contributed by atoms with Crippen LogP contribution in [0, 0.1) is 0 Å². The summed E-state index contributed by atoms with van der Waals surface area (Å²) in [6.07, 6.45) is 5.39. The van der Waals surface area contributed by atoms with Gasteiger partial charge in [0, 0.05) is 11.6 Å². The average Bonchev–Trinajstić information content (AvgIpc) is 2.62. The van der Waals surface area contributed by atoms with Gasteiger partial charge in [-0.05, 0) is 42.0 Å².